The van der Waals surface area contributed by atoms with Gasteiger partial charge in [0.2, 0.25) is 5.91 Å². The number of likely N-dealkylation sites (tertiary alicyclic amines) is 1. The summed E-state index contributed by atoms with van der Waals surface area (Å²) in [6.07, 6.45) is 8.66. The van der Waals surface area contributed by atoms with Crippen LogP contribution in [0.4, 0.5) is 0 Å². The van der Waals surface area contributed by atoms with Crippen molar-refractivity contribution in [3.05, 3.63) is 18.0 Å². The Hall–Kier alpha value is -1.85. The maximum atomic E-state index is 12.3. The lowest BCUT2D eigenvalue weighted by Gasteiger charge is -2.33. The molecule has 0 bridgehead atoms. The van der Waals surface area contributed by atoms with Gasteiger partial charge in [0.15, 0.2) is 5.69 Å². The Morgan fingerprint density at radius 1 is 1.14 bits per heavy atom. The van der Waals surface area contributed by atoms with Crippen molar-refractivity contribution in [2.75, 3.05) is 13.1 Å². The second-order valence-corrected chi connectivity index (χ2v) is 6.29. The number of piperidine rings is 1. The Morgan fingerprint density at radius 2 is 1.86 bits per heavy atom. The third kappa shape index (κ3) is 3.48. The second-order valence-electron chi connectivity index (χ2n) is 6.29. The number of carbonyl (C=O) groups is 2. The van der Waals surface area contributed by atoms with E-state index in [-0.39, 0.29) is 23.8 Å². The zero-order valence-corrected chi connectivity index (χ0v) is 12.8. The van der Waals surface area contributed by atoms with Gasteiger partial charge in [-0.25, -0.2) is 0 Å². The molecule has 6 heteroatoms. The van der Waals surface area contributed by atoms with Gasteiger partial charge in [0, 0.05) is 31.1 Å². The van der Waals surface area contributed by atoms with Crippen molar-refractivity contribution in [3.63, 3.8) is 0 Å². The fourth-order valence-corrected chi connectivity index (χ4v) is 3.40. The molecular weight excluding hydrogens is 282 g/mol. The summed E-state index contributed by atoms with van der Waals surface area (Å²) < 4.78 is 4.71. The number of carbonyl (C=O) groups excluding carboxylic acids is 2. The van der Waals surface area contributed by atoms with Gasteiger partial charge in [-0.1, -0.05) is 24.4 Å². The van der Waals surface area contributed by atoms with E-state index in [0.29, 0.717) is 18.8 Å². The Morgan fingerprint density at radius 3 is 2.50 bits per heavy atom. The fourth-order valence-electron chi connectivity index (χ4n) is 3.40. The van der Waals surface area contributed by atoms with Gasteiger partial charge in [-0.05, 0) is 25.7 Å². The first kappa shape index (κ1) is 15.1. The van der Waals surface area contributed by atoms with Crippen LogP contribution in [0.5, 0.6) is 0 Å². The summed E-state index contributed by atoms with van der Waals surface area (Å²) in [6, 6.07) is 1.77. The van der Waals surface area contributed by atoms with Crippen LogP contribution in [-0.2, 0) is 4.79 Å². The van der Waals surface area contributed by atoms with Crippen LogP contribution in [0.1, 0.15) is 55.4 Å². The molecule has 3 rings (SSSR count). The van der Waals surface area contributed by atoms with Crippen molar-refractivity contribution >= 4 is 11.8 Å². The summed E-state index contributed by atoms with van der Waals surface area (Å²) in [5.41, 5.74) is 0.352. The molecule has 1 saturated heterocycles. The van der Waals surface area contributed by atoms with Gasteiger partial charge in [0.1, 0.15) is 6.26 Å². The van der Waals surface area contributed by atoms with Crippen molar-refractivity contribution < 1.29 is 14.1 Å². The summed E-state index contributed by atoms with van der Waals surface area (Å²) in [6.45, 7) is 1.31. The molecule has 1 saturated carbocycles. The third-order valence-electron chi connectivity index (χ3n) is 4.76. The van der Waals surface area contributed by atoms with Crippen LogP contribution in [0, 0.1) is 5.92 Å². The molecule has 0 aromatic carbocycles. The molecule has 1 aliphatic heterocycles. The summed E-state index contributed by atoms with van der Waals surface area (Å²) in [7, 11) is 0. The van der Waals surface area contributed by atoms with Crippen LogP contribution in [-0.4, -0.2) is 41.0 Å². The van der Waals surface area contributed by atoms with E-state index in [2.05, 4.69) is 10.5 Å². The summed E-state index contributed by atoms with van der Waals surface area (Å²) in [5.74, 6) is 0.315. The summed E-state index contributed by atoms with van der Waals surface area (Å²) >= 11 is 0. The van der Waals surface area contributed by atoms with Gasteiger partial charge >= 0.3 is 0 Å². The van der Waals surface area contributed by atoms with Crippen LogP contribution in [0.15, 0.2) is 16.9 Å². The van der Waals surface area contributed by atoms with Crippen LogP contribution in [0.3, 0.4) is 0 Å². The number of hydrogen-bond acceptors (Lipinski definition) is 4. The molecular formula is C16H23N3O3. The zero-order chi connectivity index (χ0) is 15.4. The van der Waals surface area contributed by atoms with Crippen molar-refractivity contribution in [2.45, 2.75) is 51.0 Å². The average Bonchev–Trinajstić information content (AvgIpc) is 3.10. The Kier molecular flexibility index (Phi) is 4.75. The van der Waals surface area contributed by atoms with Crippen molar-refractivity contribution in [2.24, 2.45) is 5.92 Å². The molecule has 1 aromatic heterocycles. The molecule has 6 nitrogen and oxygen atoms in total. The number of aromatic nitrogens is 1. The van der Waals surface area contributed by atoms with Crippen molar-refractivity contribution in [1.82, 2.24) is 15.4 Å². The topological polar surface area (TPSA) is 75.4 Å². The first-order chi connectivity index (χ1) is 10.7. The molecule has 0 unspecified atom stereocenters. The Bertz CT molecular complexity index is 501. The molecule has 22 heavy (non-hydrogen) atoms. The van der Waals surface area contributed by atoms with Crippen molar-refractivity contribution in [3.8, 4) is 0 Å². The monoisotopic (exact) mass is 305 g/mol. The Balaban J connectivity index is 1.45. The molecule has 120 valence electrons. The van der Waals surface area contributed by atoms with E-state index >= 15 is 0 Å². The molecule has 1 N–H and O–H groups in total. The quantitative estimate of drug-likeness (QED) is 0.926. The van der Waals surface area contributed by atoms with Crippen LogP contribution >= 0.6 is 0 Å². The molecule has 2 heterocycles. The SMILES string of the molecule is O=C(NC1CCN(C(=O)c2ccon2)CC1)C1CCCCC1. The first-order valence-corrected chi connectivity index (χ1v) is 8.24. The number of rotatable bonds is 3. The molecule has 0 radical (unpaired) electrons. The highest BCUT2D eigenvalue weighted by Gasteiger charge is 2.28. The highest BCUT2D eigenvalue weighted by molar-refractivity contribution is 5.92. The number of nitrogens with one attached hydrogen (secondary N) is 1. The van der Waals surface area contributed by atoms with E-state index in [1.54, 1.807) is 11.0 Å². The zero-order valence-electron chi connectivity index (χ0n) is 12.8. The van der Waals surface area contributed by atoms with Gasteiger partial charge in [-0.2, -0.15) is 0 Å². The average molecular weight is 305 g/mol. The van der Waals surface area contributed by atoms with Crippen LogP contribution in [0.25, 0.3) is 0 Å². The molecule has 2 aliphatic rings. The normalized spacial score (nSPS) is 20.8. The summed E-state index contributed by atoms with van der Waals surface area (Å²) in [4.78, 5) is 26.2. The molecule has 2 fully saturated rings. The van der Waals surface area contributed by atoms with Gasteiger partial charge < -0.3 is 14.7 Å². The standard InChI is InChI=1S/C16H23N3O3/c20-15(12-4-2-1-3-5-12)17-13-6-9-19(10-7-13)16(21)14-8-11-22-18-14/h8,11-13H,1-7,9-10H2,(H,17,20). The number of amides is 2. The highest BCUT2D eigenvalue weighted by atomic mass is 16.5. The summed E-state index contributed by atoms with van der Waals surface area (Å²) in [5, 5.41) is 6.86. The van der Waals surface area contributed by atoms with E-state index < -0.39 is 0 Å². The molecule has 2 amide bonds. The largest absolute Gasteiger partial charge is 0.364 e. The van der Waals surface area contributed by atoms with E-state index in [9.17, 15) is 9.59 Å². The van der Waals surface area contributed by atoms with Crippen LogP contribution < -0.4 is 5.32 Å². The van der Waals surface area contributed by atoms with E-state index in [1.807, 2.05) is 0 Å². The molecule has 0 spiro atoms. The maximum Gasteiger partial charge on any atom is 0.276 e. The van der Waals surface area contributed by atoms with E-state index in [4.69, 9.17) is 4.52 Å². The number of nitrogens with zero attached hydrogens (tertiary/aromatic N) is 2. The fraction of sp³-hybridized carbons (Fsp3) is 0.688. The lowest BCUT2D eigenvalue weighted by atomic mass is 9.88. The van der Waals surface area contributed by atoms with Gasteiger partial charge in [-0.3, -0.25) is 9.59 Å². The molecule has 1 aliphatic carbocycles. The first-order valence-electron chi connectivity index (χ1n) is 8.24. The molecule has 1 aromatic rings. The van der Waals surface area contributed by atoms with Crippen molar-refractivity contribution in [1.29, 1.82) is 0 Å². The minimum Gasteiger partial charge on any atom is -0.364 e. The third-order valence-corrected chi connectivity index (χ3v) is 4.76. The van der Waals surface area contributed by atoms with Gasteiger partial charge in [0.05, 0.1) is 0 Å². The maximum absolute atomic E-state index is 12.3. The van der Waals surface area contributed by atoms with E-state index in [0.717, 1.165) is 25.7 Å². The lowest BCUT2D eigenvalue weighted by Crippen LogP contribution is -2.48. The van der Waals surface area contributed by atoms with Crippen LogP contribution in [0.2, 0.25) is 0 Å². The van der Waals surface area contributed by atoms with E-state index in [1.165, 1.54) is 25.5 Å². The predicted molar refractivity (Wildman–Crippen MR) is 80.1 cm³/mol. The smallest absolute Gasteiger partial charge is 0.276 e. The second kappa shape index (κ2) is 6.94. The van der Waals surface area contributed by atoms with Gasteiger partial charge in [-0.15, -0.1) is 0 Å². The highest BCUT2D eigenvalue weighted by Crippen LogP contribution is 2.24. The minimum absolute atomic E-state index is 0.0918. The number of hydrogen-bond donors (Lipinski definition) is 1. The predicted octanol–water partition coefficient (Wildman–Crippen LogP) is 1.98. The Labute approximate surface area is 130 Å². The molecule has 0 atom stereocenters. The minimum atomic E-state index is -0.0918. The van der Waals surface area contributed by atoms with Gasteiger partial charge in [0.25, 0.3) is 5.91 Å². The lowest BCUT2D eigenvalue weighted by molar-refractivity contribution is -0.126.